The quantitative estimate of drug-likeness (QED) is 0.775. The Morgan fingerprint density at radius 1 is 0.962 bits per heavy atom. The molecule has 0 aliphatic carbocycles. The van der Waals surface area contributed by atoms with Gasteiger partial charge in [0.05, 0.1) is 26.3 Å². The molecule has 4 heterocycles. The summed E-state index contributed by atoms with van der Waals surface area (Å²) < 4.78 is 7.64. The van der Waals surface area contributed by atoms with E-state index < -0.39 is 0 Å². The van der Waals surface area contributed by atoms with E-state index in [0.717, 1.165) is 87.0 Å². The summed E-state index contributed by atoms with van der Waals surface area (Å²) in [6.07, 6.45) is 2.25. The van der Waals surface area contributed by atoms with Crippen LogP contribution in [0.5, 0.6) is 0 Å². The van der Waals surface area contributed by atoms with Gasteiger partial charge in [0.15, 0.2) is 0 Å². The van der Waals surface area contributed by atoms with Crippen LogP contribution in [-0.4, -0.2) is 74.2 Å². The molecule has 0 amide bonds. The zero-order valence-corrected chi connectivity index (χ0v) is 16.4. The lowest BCUT2D eigenvalue weighted by Crippen LogP contribution is -2.36. The van der Waals surface area contributed by atoms with Crippen molar-refractivity contribution < 1.29 is 4.74 Å². The van der Waals surface area contributed by atoms with Gasteiger partial charge in [-0.05, 0) is 32.9 Å². The first-order chi connectivity index (χ1) is 12.7. The fourth-order valence-electron chi connectivity index (χ4n) is 3.77. The highest BCUT2D eigenvalue weighted by Crippen LogP contribution is 2.28. The summed E-state index contributed by atoms with van der Waals surface area (Å²) in [5.74, 6) is 2.70. The Morgan fingerprint density at radius 2 is 1.69 bits per heavy atom. The minimum Gasteiger partial charge on any atom is -0.379 e. The molecule has 9 heteroatoms. The van der Waals surface area contributed by atoms with Crippen molar-refractivity contribution in [3.63, 3.8) is 0 Å². The molecule has 0 N–H and O–H groups in total. The van der Waals surface area contributed by atoms with Crippen molar-refractivity contribution in [1.29, 1.82) is 0 Å². The van der Waals surface area contributed by atoms with Crippen LogP contribution in [0.4, 0.5) is 0 Å². The van der Waals surface area contributed by atoms with Crippen LogP contribution in [0.3, 0.4) is 0 Å². The van der Waals surface area contributed by atoms with Crippen LogP contribution in [0.25, 0.3) is 0 Å². The predicted octanol–water partition coefficient (Wildman–Crippen LogP) is 1.19. The maximum atomic E-state index is 5.43. The highest BCUT2D eigenvalue weighted by molar-refractivity contribution is 7.11. The van der Waals surface area contributed by atoms with E-state index in [0.29, 0.717) is 5.92 Å². The monoisotopic (exact) mass is 377 g/mol. The molecular formula is C17H27N7OS. The van der Waals surface area contributed by atoms with Gasteiger partial charge in [0.2, 0.25) is 0 Å². The molecular weight excluding hydrogens is 350 g/mol. The van der Waals surface area contributed by atoms with Crippen molar-refractivity contribution in [2.24, 2.45) is 7.05 Å². The van der Waals surface area contributed by atoms with Crippen LogP contribution < -0.4 is 0 Å². The zero-order valence-electron chi connectivity index (χ0n) is 15.6. The van der Waals surface area contributed by atoms with Gasteiger partial charge in [0, 0.05) is 26.1 Å². The number of hydrogen-bond acceptors (Lipinski definition) is 8. The van der Waals surface area contributed by atoms with E-state index in [1.807, 2.05) is 6.92 Å². The molecule has 0 atom stereocenters. The van der Waals surface area contributed by atoms with Crippen molar-refractivity contribution in [3.05, 3.63) is 21.7 Å². The summed E-state index contributed by atoms with van der Waals surface area (Å²) in [5, 5.41) is 19.5. The number of piperidine rings is 1. The summed E-state index contributed by atoms with van der Waals surface area (Å²) >= 11 is 1.70. The molecule has 2 saturated heterocycles. The van der Waals surface area contributed by atoms with Gasteiger partial charge in [0.25, 0.3) is 0 Å². The van der Waals surface area contributed by atoms with Crippen molar-refractivity contribution in [2.75, 3.05) is 39.4 Å². The third-order valence-electron chi connectivity index (χ3n) is 5.35. The van der Waals surface area contributed by atoms with E-state index >= 15 is 0 Å². The molecule has 4 rings (SSSR count). The largest absolute Gasteiger partial charge is 0.379 e. The second-order valence-corrected chi connectivity index (χ2v) is 8.45. The number of aromatic nitrogens is 5. The normalized spacial score (nSPS) is 20.7. The Kier molecular flexibility index (Phi) is 5.58. The molecule has 2 aromatic rings. The van der Waals surface area contributed by atoms with Gasteiger partial charge in [-0.15, -0.1) is 31.7 Å². The lowest BCUT2D eigenvalue weighted by Gasteiger charge is -2.30. The van der Waals surface area contributed by atoms with E-state index in [9.17, 15) is 0 Å². The van der Waals surface area contributed by atoms with Gasteiger partial charge < -0.3 is 9.30 Å². The lowest BCUT2D eigenvalue weighted by atomic mass is 9.96. The van der Waals surface area contributed by atoms with Gasteiger partial charge in [-0.2, -0.15) is 0 Å². The van der Waals surface area contributed by atoms with Crippen LogP contribution in [0.2, 0.25) is 0 Å². The van der Waals surface area contributed by atoms with Crippen LogP contribution in [0.1, 0.15) is 40.4 Å². The first kappa shape index (κ1) is 18.0. The van der Waals surface area contributed by atoms with E-state index in [4.69, 9.17) is 4.74 Å². The molecule has 0 radical (unpaired) electrons. The molecule has 142 valence electrons. The maximum absolute atomic E-state index is 5.43. The molecule has 26 heavy (non-hydrogen) atoms. The number of morpholine rings is 1. The summed E-state index contributed by atoms with van der Waals surface area (Å²) in [4.78, 5) is 4.87. The number of likely N-dealkylation sites (tertiary alicyclic amines) is 1. The molecule has 2 fully saturated rings. The molecule has 2 aliphatic heterocycles. The van der Waals surface area contributed by atoms with Gasteiger partial charge >= 0.3 is 0 Å². The number of aryl methyl sites for hydroxylation is 1. The Hall–Kier alpha value is -1.42. The first-order valence-corrected chi connectivity index (χ1v) is 10.2. The first-order valence-electron chi connectivity index (χ1n) is 9.38. The van der Waals surface area contributed by atoms with Gasteiger partial charge in [-0.25, -0.2) is 0 Å². The maximum Gasteiger partial charge on any atom is 0.146 e. The van der Waals surface area contributed by atoms with Crippen molar-refractivity contribution in [1.82, 2.24) is 34.8 Å². The van der Waals surface area contributed by atoms with Gasteiger partial charge in [0.1, 0.15) is 21.7 Å². The molecule has 2 aliphatic rings. The van der Waals surface area contributed by atoms with Crippen LogP contribution >= 0.6 is 11.3 Å². The molecule has 0 unspecified atom stereocenters. The molecule has 8 nitrogen and oxygen atoms in total. The standard InChI is InChI=1S/C17H27N7OS/c1-13-18-20-16(26-13)12-23-5-3-14(4-6-23)17-21-19-15(22(17)2)11-24-7-9-25-10-8-24/h14H,3-12H2,1-2H3. The van der Waals surface area contributed by atoms with E-state index in [2.05, 4.69) is 41.8 Å². The average molecular weight is 378 g/mol. The third-order valence-corrected chi connectivity index (χ3v) is 6.17. The molecule has 0 spiro atoms. The van der Waals surface area contributed by atoms with E-state index in [-0.39, 0.29) is 0 Å². The van der Waals surface area contributed by atoms with Crippen molar-refractivity contribution in [3.8, 4) is 0 Å². The van der Waals surface area contributed by atoms with E-state index in [1.54, 1.807) is 11.3 Å². The topological polar surface area (TPSA) is 72.2 Å². The minimum atomic E-state index is 0.498. The minimum absolute atomic E-state index is 0.498. The Bertz CT molecular complexity index is 717. The van der Waals surface area contributed by atoms with Crippen LogP contribution in [0.15, 0.2) is 0 Å². The second-order valence-electron chi connectivity index (χ2n) is 7.19. The fraction of sp³-hybridized carbons (Fsp3) is 0.765. The highest BCUT2D eigenvalue weighted by Gasteiger charge is 2.26. The zero-order chi connectivity index (χ0) is 17.9. The average Bonchev–Trinajstić information content (AvgIpc) is 3.23. The van der Waals surface area contributed by atoms with Gasteiger partial charge in [-0.1, -0.05) is 0 Å². The Balaban J connectivity index is 1.32. The third kappa shape index (κ3) is 4.11. The lowest BCUT2D eigenvalue weighted by molar-refractivity contribution is 0.0326. The summed E-state index contributed by atoms with van der Waals surface area (Å²) in [7, 11) is 2.11. The molecule has 2 aromatic heterocycles. The summed E-state index contributed by atoms with van der Waals surface area (Å²) in [6.45, 7) is 9.53. The van der Waals surface area contributed by atoms with Crippen LogP contribution in [-0.2, 0) is 24.9 Å². The summed E-state index contributed by atoms with van der Waals surface area (Å²) in [5.41, 5.74) is 0. The number of rotatable bonds is 5. The number of hydrogen-bond donors (Lipinski definition) is 0. The smallest absolute Gasteiger partial charge is 0.146 e. The Morgan fingerprint density at radius 3 is 2.38 bits per heavy atom. The SMILES string of the molecule is Cc1nnc(CN2CCC(c3nnc(CN4CCOCC4)n3C)CC2)s1. The predicted molar refractivity (Wildman–Crippen MR) is 99.0 cm³/mol. The second kappa shape index (κ2) is 8.08. The molecule has 0 bridgehead atoms. The molecule has 0 aromatic carbocycles. The Labute approximate surface area is 158 Å². The highest BCUT2D eigenvalue weighted by atomic mass is 32.1. The number of ether oxygens (including phenoxy) is 1. The van der Waals surface area contributed by atoms with Crippen LogP contribution in [0, 0.1) is 6.92 Å². The number of nitrogens with zero attached hydrogens (tertiary/aromatic N) is 7. The fourth-order valence-corrected chi connectivity index (χ4v) is 4.52. The molecule has 0 saturated carbocycles. The summed E-state index contributed by atoms with van der Waals surface area (Å²) in [6, 6.07) is 0. The van der Waals surface area contributed by atoms with Gasteiger partial charge in [-0.3, -0.25) is 9.80 Å². The van der Waals surface area contributed by atoms with Crippen molar-refractivity contribution in [2.45, 2.75) is 38.8 Å². The van der Waals surface area contributed by atoms with E-state index in [1.165, 1.54) is 0 Å². The van der Waals surface area contributed by atoms with Crippen molar-refractivity contribution >= 4 is 11.3 Å².